The minimum absolute atomic E-state index is 0.0712. The zero-order chi connectivity index (χ0) is 53.6. The van der Waals surface area contributed by atoms with Gasteiger partial charge in [-0.25, -0.2) is 0 Å². The molecule has 6 nitrogen and oxygen atoms in total. The van der Waals surface area contributed by atoms with Crippen LogP contribution in [-0.4, -0.2) is 37.2 Å². The van der Waals surface area contributed by atoms with Crippen LogP contribution in [0.5, 0.6) is 0 Å². The van der Waals surface area contributed by atoms with Gasteiger partial charge < -0.3 is 14.2 Å². The largest absolute Gasteiger partial charge is 0.462 e. The highest BCUT2D eigenvalue weighted by molar-refractivity contribution is 5.71. The van der Waals surface area contributed by atoms with E-state index >= 15 is 0 Å². The number of carbonyl (C=O) groups excluding carboxylic acids is 3. The molecule has 0 N–H and O–H groups in total. The van der Waals surface area contributed by atoms with Gasteiger partial charge in [0.1, 0.15) is 13.2 Å². The summed E-state index contributed by atoms with van der Waals surface area (Å²) in [5.41, 5.74) is 0. The number of ether oxygens (including phenoxy) is 3. The Bertz CT molecular complexity index is 1330. The molecule has 74 heavy (non-hydrogen) atoms. The predicted octanol–water partition coefficient (Wildman–Crippen LogP) is 21.9. The van der Waals surface area contributed by atoms with Gasteiger partial charge in [0, 0.05) is 19.3 Å². The summed E-state index contributed by atoms with van der Waals surface area (Å²) in [5, 5.41) is 0. The van der Waals surface area contributed by atoms with Gasteiger partial charge >= 0.3 is 17.9 Å². The molecule has 0 saturated heterocycles. The van der Waals surface area contributed by atoms with Gasteiger partial charge in [-0.05, 0) is 83.5 Å². The van der Waals surface area contributed by atoms with E-state index in [1.807, 2.05) is 0 Å². The summed E-state index contributed by atoms with van der Waals surface area (Å²) in [6.45, 7) is 6.51. The van der Waals surface area contributed by atoms with Crippen LogP contribution in [0, 0.1) is 0 Å². The van der Waals surface area contributed by atoms with Gasteiger partial charge in [-0.3, -0.25) is 14.4 Å². The molecule has 430 valence electrons. The number of rotatable bonds is 59. The minimum atomic E-state index is -0.770. The maximum atomic E-state index is 12.8. The van der Waals surface area contributed by atoms with Crippen molar-refractivity contribution in [3.8, 4) is 0 Å². The first-order chi connectivity index (χ1) is 36.5. The number of allylic oxidation sites excluding steroid dienone is 10. The van der Waals surface area contributed by atoms with Gasteiger partial charge in [-0.15, -0.1) is 0 Å². The smallest absolute Gasteiger partial charge is 0.306 e. The molecule has 0 saturated carbocycles. The van der Waals surface area contributed by atoms with E-state index in [-0.39, 0.29) is 31.1 Å². The van der Waals surface area contributed by atoms with Crippen molar-refractivity contribution in [2.24, 2.45) is 0 Å². The molecule has 0 aliphatic carbocycles. The second-order valence-corrected chi connectivity index (χ2v) is 21.6. The maximum Gasteiger partial charge on any atom is 0.306 e. The van der Waals surface area contributed by atoms with Crippen molar-refractivity contribution in [2.45, 2.75) is 341 Å². The van der Waals surface area contributed by atoms with E-state index < -0.39 is 6.10 Å². The maximum absolute atomic E-state index is 12.8. The van der Waals surface area contributed by atoms with Crippen LogP contribution >= 0.6 is 0 Å². The molecule has 0 aromatic carbocycles. The van der Waals surface area contributed by atoms with E-state index in [2.05, 4.69) is 81.5 Å². The molecule has 0 fully saturated rings. The lowest BCUT2D eigenvalue weighted by atomic mass is 10.0. The van der Waals surface area contributed by atoms with Crippen molar-refractivity contribution >= 4 is 17.9 Å². The lowest BCUT2D eigenvalue weighted by Crippen LogP contribution is -2.30. The number of hydrogen-bond acceptors (Lipinski definition) is 6. The molecule has 1 unspecified atom stereocenters. The Balaban J connectivity index is 4.03. The monoisotopic (exact) mass is 1030 g/mol. The van der Waals surface area contributed by atoms with Gasteiger partial charge in [-0.2, -0.15) is 0 Å². The van der Waals surface area contributed by atoms with E-state index in [0.717, 1.165) is 83.5 Å². The second-order valence-electron chi connectivity index (χ2n) is 21.6. The van der Waals surface area contributed by atoms with E-state index in [9.17, 15) is 14.4 Å². The summed E-state index contributed by atoms with van der Waals surface area (Å²) < 4.78 is 16.8. The summed E-state index contributed by atoms with van der Waals surface area (Å²) in [5.74, 6) is -0.866. The zero-order valence-electron chi connectivity index (χ0n) is 49.4. The fourth-order valence-electron chi connectivity index (χ4n) is 9.43. The molecule has 0 aliphatic heterocycles. The van der Waals surface area contributed by atoms with E-state index in [0.29, 0.717) is 19.3 Å². The van der Waals surface area contributed by atoms with Gasteiger partial charge in [-0.1, -0.05) is 293 Å². The van der Waals surface area contributed by atoms with Crippen molar-refractivity contribution in [3.05, 3.63) is 60.8 Å². The molecule has 0 spiro atoms. The summed E-state index contributed by atoms with van der Waals surface area (Å²) in [7, 11) is 0. The SMILES string of the molecule is CC/C=C\C/C=C\C/C=C\C/C=C\CCCCCCCCCCCCCCCCCCC(=O)OCC(COC(=O)CCCCCCCC)OC(=O)CCCCCCCCCCC/C=C\CCCCCCCCCC. The molecule has 0 aliphatic rings. The fourth-order valence-corrected chi connectivity index (χ4v) is 9.43. The Morgan fingerprint density at radius 3 is 0.838 bits per heavy atom. The Labute approximate surface area is 460 Å². The summed E-state index contributed by atoms with van der Waals surface area (Å²) in [4.78, 5) is 38.0. The first kappa shape index (κ1) is 71.1. The Morgan fingerprint density at radius 1 is 0.284 bits per heavy atom. The van der Waals surface area contributed by atoms with Crippen molar-refractivity contribution < 1.29 is 28.6 Å². The number of unbranched alkanes of at least 4 members (excludes halogenated alkanes) is 38. The first-order valence-electron chi connectivity index (χ1n) is 32.3. The Morgan fingerprint density at radius 2 is 0.527 bits per heavy atom. The highest BCUT2D eigenvalue weighted by atomic mass is 16.6. The molecular formula is C68H122O6. The fraction of sp³-hybridized carbons (Fsp3) is 0.809. The van der Waals surface area contributed by atoms with Crippen LogP contribution in [-0.2, 0) is 28.6 Å². The molecular weight excluding hydrogens is 913 g/mol. The third kappa shape index (κ3) is 60.0. The van der Waals surface area contributed by atoms with Crippen molar-refractivity contribution in [3.63, 3.8) is 0 Å². The Hall–Kier alpha value is -2.89. The lowest BCUT2D eigenvalue weighted by molar-refractivity contribution is -0.167. The highest BCUT2D eigenvalue weighted by Crippen LogP contribution is 2.17. The average Bonchev–Trinajstić information content (AvgIpc) is 3.40. The molecule has 0 rings (SSSR count). The topological polar surface area (TPSA) is 78.9 Å². The van der Waals surface area contributed by atoms with Crippen LogP contribution in [0.25, 0.3) is 0 Å². The molecule has 0 aromatic rings. The summed E-state index contributed by atoms with van der Waals surface area (Å²) in [6.07, 6.45) is 79.9. The van der Waals surface area contributed by atoms with Crippen LogP contribution < -0.4 is 0 Å². The molecule has 0 radical (unpaired) electrons. The number of carbonyl (C=O) groups is 3. The summed E-state index contributed by atoms with van der Waals surface area (Å²) >= 11 is 0. The third-order valence-electron chi connectivity index (χ3n) is 14.3. The molecule has 1 atom stereocenters. The normalized spacial score (nSPS) is 12.4. The molecule has 0 bridgehead atoms. The van der Waals surface area contributed by atoms with Crippen LogP contribution in [0.4, 0.5) is 0 Å². The molecule has 0 aromatic heterocycles. The first-order valence-corrected chi connectivity index (χ1v) is 32.3. The Kier molecular flexibility index (Phi) is 60.2. The van der Waals surface area contributed by atoms with E-state index in [1.54, 1.807) is 0 Å². The van der Waals surface area contributed by atoms with Crippen LogP contribution in [0.1, 0.15) is 335 Å². The number of hydrogen-bond donors (Lipinski definition) is 0. The summed E-state index contributed by atoms with van der Waals surface area (Å²) in [6, 6.07) is 0. The third-order valence-corrected chi connectivity index (χ3v) is 14.3. The van der Waals surface area contributed by atoms with Gasteiger partial charge in [0.05, 0.1) is 0 Å². The molecule has 0 heterocycles. The lowest BCUT2D eigenvalue weighted by Gasteiger charge is -2.18. The van der Waals surface area contributed by atoms with Gasteiger partial charge in [0.15, 0.2) is 6.10 Å². The van der Waals surface area contributed by atoms with E-state index in [4.69, 9.17) is 14.2 Å². The quantitative estimate of drug-likeness (QED) is 0.0261. The van der Waals surface area contributed by atoms with Crippen LogP contribution in [0.2, 0.25) is 0 Å². The van der Waals surface area contributed by atoms with Crippen molar-refractivity contribution in [1.29, 1.82) is 0 Å². The standard InChI is InChI=1S/C68H122O6/c1-4-7-10-13-16-18-20-22-24-26-28-30-31-32-33-34-35-36-37-39-40-42-44-46-48-50-52-55-58-61-67(70)73-64-65(63-72-66(69)60-57-54-15-12-9-6-3)74-68(71)62-59-56-53-51-49-47-45-43-41-38-29-27-25-23-21-19-17-14-11-8-5-2/h7,10,16,18,22,24,27-30,65H,4-6,8-9,11-15,17,19-21,23,25-26,31-64H2,1-3H3/b10-7-,18-16-,24-22-,29-27-,30-28-. The van der Waals surface area contributed by atoms with E-state index in [1.165, 1.54) is 212 Å². The highest BCUT2D eigenvalue weighted by Gasteiger charge is 2.19. The molecule has 6 heteroatoms. The van der Waals surface area contributed by atoms with Crippen LogP contribution in [0.3, 0.4) is 0 Å². The van der Waals surface area contributed by atoms with Gasteiger partial charge in [0.2, 0.25) is 0 Å². The average molecular weight is 1040 g/mol. The predicted molar refractivity (Wildman–Crippen MR) is 321 cm³/mol. The minimum Gasteiger partial charge on any atom is -0.462 e. The zero-order valence-corrected chi connectivity index (χ0v) is 49.4. The number of esters is 3. The van der Waals surface area contributed by atoms with Crippen molar-refractivity contribution in [1.82, 2.24) is 0 Å². The van der Waals surface area contributed by atoms with Gasteiger partial charge in [0.25, 0.3) is 0 Å². The van der Waals surface area contributed by atoms with Crippen molar-refractivity contribution in [2.75, 3.05) is 13.2 Å². The van der Waals surface area contributed by atoms with Crippen LogP contribution in [0.15, 0.2) is 60.8 Å². The second kappa shape index (κ2) is 62.6. The molecule has 0 amide bonds.